The fourth-order valence-electron chi connectivity index (χ4n) is 1.84. The van der Waals surface area contributed by atoms with Crippen molar-refractivity contribution in [1.29, 1.82) is 0 Å². The lowest BCUT2D eigenvalue weighted by Gasteiger charge is -2.10. The van der Waals surface area contributed by atoms with Gasteiger partial charge in [0, 0.05) is 0 Å². The largest absolute Gasteiger partial charge is 0.461 e. The van der Waals surface area contributed by atoms with Gasteiger partial charge in [-0.15, -0.1) is 0 Å². The normalized spacial score (nSPS) is 25.2. The molecule has 6 nitrogen and oxygen atoms in total. The Morgan fingerprint density at radius 3 is 2.65 bits per heavy atom. The first-order valence-corrected chi connectivity index (χ1v) is 7.96. The summed E-state index contributed by atoms with van der Waals surface area (Å²) in [7, 11) is -3.55. The highest BCUT2D eigenvalue weighted by molar-refractivity contribution is 7.85. The summed E-state index contributed by atoms with van der Waals surface area (Å²) in [5, 5.41) is 0. The molecule has 0 saturated heterocycles. The topological polar surface area (TPSA) is 95.7 Å². The average molecular weight is 299 g/mol. The average Bonchev–Trinajstić information content (AvgIpc) is 3.07. The second-order valence-electron chi connectivity index (χ2n) is 5.05. The molecule has 0 heterocycles. The molecule has 1 fully saturated rings. The van der Waals surface area contributed by atoms with Crippen LogP contribution in [0.2, 0.25) is 0 Å². The van der Waals surface area contributed by atoms with Crippen molar-refractivity contribution in [2.24, 2.45) is 11.7 Å². The number of esters is 1. The molecule has 20 heavy (non-hydrogen) atoms. The molecule has 0 amide bonds. The van der Waals surface area contributed by atoms with E-state index >= 15 is 0 Å². The fraction of sp³-hybridized carbons (Fsp3) is 0.462. The van der Waals surface area contributed by atoms with Crippen LogP contribution in [0, 0.1) is 5.92 Å². The van der Waals surface area contributed by atoms with Gasteiger partial charge in [0.1, 0.15) is 6.61 Å². The van der Waals surface area contributed by atoms with Crippen molar-refractivity contribution in [3.8, 4) is 0 Å². The lowest BCUT2D eigenvalue weighted by Crippen LogP contribution is -2.34. The Morgan fingerprint density at radius 2 is 2.05 bits per heavy atom. The van der Waals surface area contributed by atoms with Gasteiger partial charge >= 0.3 is 5.97 Å². The Balaban J connectivity index is 1.80. The van der Waals surface area contributed by atoms with Gasteiger partial charge in [-0.05, 0) is 12.0 Å². The Bertz CT molecular complexity index is 586. The van der Waals surface area contributed by atoms with Crippen LogP contribution >= 0.6 is 0 Å². The van der Waals surface area contributed by atoms with Crippen LogP contribution in [0.3, 0.4) is 0 Å². The van der Waals surface area contributed by atoms with Gasteiger partial charge in [-0.2, -0.15) is 8.42 Å². The van der Waals surface area contributed by atoms with Crippen molar-refractivity contribution in [3.05, 3.63) is 35.9 Å². The summed E-state index contributed by atoms with van der Waals surface area (Å²) in [6, 6.07) is 9.28. The van der Waals surface area contributed by atoms with Crippen LogP contribution in [0.1, 0.15) is 12.0 Å². The molecule has 0 spiro atoms. The van der Waals surface area contributed by atoms with Gasteiger partial charge < -0.3 is 10.5 Å². The Kier molecular flexibility index (Phi) is 4.12. The molecule has 0 bridgehead atoms. The van der Waals surface area contributed by atoms with Crippen molar-refractivity contribution < 1.29 is 22.1 Å². The Hall–Kier alpha value is -1.44. The quantitative estimate of drug-likeness (QED) is 0.604. The molecule has 1 aliphatic carbocycles. The van der Waals surface area contributed by atoms with E-state index < -0.39 is 27.5 Å². The van der Waals surface area contributed by atoms with Crippen molar-refractivity contribution >= 4 is 16.1 Å². The van der Waals surface area contributed by atoms with E-state index in [0.29, 0.717) is 6.42 Å². The van der Waals surface area contributed by atoms with Crippen LogP contribution < -0.4 is 5.73 Å². The van der Waals surface area contributed by atoms with Gasteiger partial charge in [-0.25, -0.2) is 0 Å². The van der Waals surface area contributed by atoms with E-state index in [1.807, 2.05) is 30.3 Å². The highest BCUT2D eigenvalue weighted by atomic mass is 32.2. The predicted molar refractivity (Wildman–Crippen MR) is 72.1 cm³/mol. The van der Waals surface area contributed by atoms with E-state index in [2.05, 4.69) is 4.18 Å². The Morgan fingerprint density at radius 1 is 1.40 bits per heavy atom. The third-order valence-corrected chi connectivity index (χ3v) is 3.71. The van der Waals surface area contributed by atoms with Crippen LogP contribution in [0.4, 0.5) is 0 Å². The maximum absolute atomic E-state index is 11.8. The van der Waals surface area contributed by atoms with Crippen LogP contribution in [0.25, 0.3) is 0 Å². The number of benzene rings is 1. The summed E-state index contributed by atoms with van der Waals surface area (Å²) in [5.74, 6) is -0.929. The third kappa shape index (κ3) is 4.03. The molecule has 110 valence electrons. The smallest absolute Gasteiger partial charge is 0.311 e. The molecule has 2 unspecified atom stereocenters. The number of carbonyl (C=O) groups excluding carboxylic acids is 1. The van der Waals surface area contributed by atoms with Crippen LogP contribution in [-0.2, 0) is 30.4 Å². The summed E-state index contributed by atoms with van der Waals surface area (Å²) in [6.07, 6.45) is 1.32. The van der Waals surface area contributed by atoms with E-state index in [9.17, 15) is 13.2 Å². The van der Waals surface area contributed by atoms with Crippen molar-refractivity contribution in [1.82, 2.24) is 0 Å². The van der Waals surface area contributed by atoms with Gasteiger partial charge in [0.15, 0.2) is 0 Å². The second-order valence-corrected chi connectivity index (χ2v) is 6.69. The maximum Gasteiger partial charge on any atom is 0.311 e. The van der Waals surface area contributed by atoms with E-state index in [4.69, 9.17) is 10.5 Å². The lowest BCUT2D eigenvalue weighted by molar-refractivity contribution is -0.147. The molecule has 1 saturated carbocycles. The van der Waals surface area contributed by atoms with Crippen LogP contribution in [0.5, 0.6) is 0 Å². The fourth-order valence-corrected chi connectivity index (χ4v) is 2.28. The number of rotatable bonds is 6. The maximum atomic E-state index is 11.8. The van der Waals surface area contributed by atoms with Gasteiger partial charge in [0.05, 0.1) is 24.3 Å². The standard InChI is InChI=1S/C13H17NO5S/c1-20(16,17)19-9-13(14)7-11(13)12(15)18-8-10-5-3-2-4-6-10/h2-6,11H,7-9,14H2,1H3. The molecule has 0 aliphatic heterocycles. The van der Waals surface area contributed by atoms with E-state index in [-0.39, 0.29) is 13.2 Å². The minimum absolute atomic E-state index is 0.180. The SMILES string of the molecule is CS(=O)(=O)OCC1(N)CC1C(=O)OCc1ccccc1. The monoisotopic (exact) mass is 299 g/mol. The molecule has 1 aliphatic rings. The zero-order valence-corrected chi connectivity index (χ0v) is 11.9. The van der Waals surface area contributed by atoms with Crippen molar-refractivity contribution in [2.75, 3.05) is 12.9 Å². The van der Waals surface area contributed by atoms with E-state index in [1.54, 1.807) is 0 Å². The number of hydrogen-bond acceptors (Lipinski definition) is 6. The third-order valence-electron chi connectivity index (χ3n) is 3.17. The molecule has 0 radical (unpaired) electrons. The van der Waals surface area contributed by atoms with Crippen molar-refractivity contribution in [3.63, 3.8) is 0 Å². The lowest BCUT2D eigenvalue weighted by atomic mass is 10.2. The number of ether oxygens (including phenoxy) is 1. The highest BCUT2D eigenvalue weighted by Crippen LogP contribution is 2.42. The zero-order valence-electron chi connectivity index (χ0n) is 11.1. The van der Waals surface area contributed by atoms with Crippen molar-refractivity contribution in [2.45, 2.75) is 18.6 Å². The van der Waals surface area contributed by atoms with Crippen LogP contribution in [-0.4, -0.2) is 32.8 Å². The molecule has 1 aromatic carbocycles. The number of carbonyl (C=O) groups is 1. The first kappa shape index (κ1) is 15.0. The summed E-state index contributed by atoms with van der Waals surface area (Å²) < 4.78 is 31.6. The van der Waals surface area contributed by atoms with Gasteiger partial charge in [-0.1, -0.05) is 30.3 Å². The van der Waals surface area contributed by atoms with Crippen LogP contribution in [0.15, 0.2) is 30.3 Å². The molecule has 7 heteroatoms. The minimum Gasteiger partial charge on any atom is -0.461 e. The first-order chi connectivity index (χ1) is 9.30. The number of nitrogens with two attached hydrogens (primary N) is 1. The minimum atomic E-state index is -3.55. The Labute approximate surface area is 118 Å². The zero-order chi connectivity index (χ0) is 14.8. The van der Waals surface area contributed by atoms with E-state index in [0.717, 1.165) is 11.8 Å². The number of hydrogen-bond donors (Lipinski definition) is 1. The molecule has 0 aromatic heterocycles. The molecule has 2 rings (SSSR count). The summed E-state index contributed by atoms with van der Waals surface area (Å²) >= 11 is 0. The van der Waals surface area contributed by atoms with Gasteiger partial charge in [-0.3, -0.25) is 8.98 Å². The molecule has 1 aromatic rings. The molecular weight excluding hydrogens is 282 g/mol. The highest BCUT2D eigenvalue weighted by Gasteiger charge is 2.57. The molecule has 2 atom stereocenters. The van der Waals surface area contributed by atoms with Gasteiger partial charge in [0.25, 0.3) is 10.1 Å². The summed E-state index contributed by atoms with van der Waals surface area (Å²) in [4.78, 5) is 11.8. The first-order valence-electron chi connectivity index (χ1n) is 6.14. The molecule has 2 N–H and O–H groups in total. The molecular formula is C13H17NO5S. The van der Waals surface area contributed by atoms with E-state index in [1.165, 1.54) is 0 Å². The van der Waals surface area contributed by atoms with Gasteiger partial charge in [0.2, 0.25) is 0 Å². The summed E-state index contributed by atoms with van der Waals surface area (Å²) in [6.45, 7) is -0.0177. The predicted octanol–water partition coefficient (Wildman–Crippen LogP) is 0.423. The summed E-state index contributed by atoms with van der Waals surface area (Å²) in [5.41, 5.74) is 5.83. The second kappa shape index (κ2) is 5.51.